The van der Waals surface area contributed by atoms with E-state index in [-0.39, 0.29) is 0 Å². The maximum atomic E-state index is 12.5. The van der Waals surface area contributed by atoms with Gasteiger partial charge in [0.2, 0.25) is 5.13 Å². The van der Waals surface area contributed by atoms with Crippen LogP contribution in [0.2, 0.25) is 0 Å². The first-order chi connectivity index (χ1) is 10.5. The molecule has 0 atom stereocenters. The topological polar surface area (TPSA) is 37.8 Å². The molecule has 0 saturated heterocycles. The molecule has 2 aromatic carbocycles. The molecule has 3 rings (SSSR count). The second-order valence-corrected chi connectivity index (χ2v) is 5.46. The normalized spacial score (nSPS) is 11.4. The van der Waals surface area contributed by atoms with Crippen molar-refractivity contribution in [1.29, 1.82) is 0 Å². The fourth-order valence-corrected chi connectivity index (χ4v) is 2.61. The van der Waals surface area contributed by atoms with Crippen LogP contribution in [0.5, 0.6) is 0 Å². The van der Waals surface area contributed by atoms with Crippen molar-refractivity contribution >= 4 is 22.2 Å². The quantitative estimate of drug-likeness (QED) is 0.740. The highest BCUT2D eigenvalue weighted by Crippen LogP contribution is 2.31. The molecule has 1 aromatic heterocycles. The number of nitrogens with zero attached hydrogens (tertiary/aromatic N) is 2. The number of nitrogens with one attached hydrogen (secondary N) is 1. The van der Waals surface area contributed by atoms with Gasteiger partial charge in [0.1, 0.15) is 5.01 Å². The Hall–Kier alpha value is -2.41. The van der Waals surface area contributed by atoms with E-state index in [1.54, 1.807) is 0 Å². The van der Waals surface area contributed by atoms with Crippen molar-refractivity contribution in [2.75, 3.05) is 5.32 Å². The van der Waals surface area contributed by atoms with E-state index in [0.29, 0.717) is 10.8 Å². The average Bonchev–Trinajstić information content (AvgIpc) is 2.96. The summed E-state index contributed by atoms with van der Waals surface area (Å²) in [5, 5.41) is 12.3. The summed E-state index contributed by atoms with van der Waals surface area (Å²) in [6.07, 6.45) is -4.33. The lowest BCUT2D eigenvalue weighted by Gasteiger charge is -2.07. The molecule has 0 aliphatic carbocycles. The predicted molar refractivity (Wildman–Crippen MR) is 80.1 cm³/mol. The fraction of sp³-hybridized carbons (Fsp3) is 0.0667. The summed E-state index contributed by atoms with van der Waals surface area (Å²) in [6.45, 7) is 0. The van der Waals surface area contributed by atoms with Crippen LogP contribution in [-0.2, 0) is 6.18 Å². The minimum absolute atomic E-state index is 0.526. The number of benzene rings is 2. The molecule has 0 unspecified atom stereocenters. The first-order valence-corrected chi connectivity index (χ1v) is 7.17. The Morgan fingerprint density at radius 3 is 2.18 bits per heavy atom. The molecule has 3 nitrogen and oxygen atoms in total. The monoisotopic (exact) mass is 321 g/mol. The van der Waals surface area contributed by atoms with Gasteiger partial charge in [0.25, 0.3) is 0 Å². The fourth-order valence-electron chi connectivity index (χ4n) is 1.84. The average molecular weight is 321 g/mol. The molecule has 112 valence electrons. The van der Waals surface area contributed by atoms with Crippen molar-refractivity contribution in [3.8, 4) is 10.6 Å². The molecule has 1 N–H and O–H groups in total. The number of anilines is 2. The lowest BCUT2D eigenvalue weighted by molar-refractivity contribution is -0.137. The Labute approximate surface area is 128 Å². The van der Waals surface area contributed by atoms with Gasteiger partial charge in [-0.05, 0) is 24.3 Å². The van der Waals surface area contributed by atoms with E-state index < -0.39 is 11.7 Å². The van der Waals surface area contributed by atoms with Crippen molar-refractivity contribution in [3.63, 3.8) is 0 Å². The van der Waals surface area contributed by atoms with E-state index in [1.165, 1.54) is 23.5 Å². The van der Waals surface area contributed by atoms with Crippen LogP contribution in [0.25, 0.3) is 10.6 Å². The van der Waals surface area contributed by atoms with Crippen LogP contribution in [0, 0.1) is 0 Å². The van der Waals surface area contributed by atoms with Gasteiger partial charge in [-0.15, -0.1) is 10.2 Å². The zero-order valence-corrected chi connectivity index (χ0v) is 11.9. The molecule has 3 aromatic rings. The van der Waals surface area contributed by atoms with Crippen molar-refractivity contribution in [2.24, 2.45) is 0 Å². The molecule has 0 amide bonds. The van der Waals surface area contributed by atoms with Crippen LogP contribution in [0.1, 0.15) is 5.56 Å². The number of aromatic nitrogens is 2. The lowest BCUT2D eigenvalue weighted by Crippen LogP contribution is -2.04. The number of hydrogen-bond acceptors (Lipinski definition) is 4. The predicted octanol–water partition coefficient (Wildman–Crippen LogP) is 4.97. The minimum Gasteiger partial charge on any atom is -0.330 e. The Bertz CT molecular complexity index is 752. The highest BCUT2D eigenvalue weighted by Gasteiger charge is 2.29. The molecule has 0 aliphatic heterocycles. The third-order valence-corrected chi connectivity index (χ3v) is 3.80. The number of halogens is 3. The highest BCUT2D eigenvalue weighted by molar-refractivity contribution is 7.18. The van der Waals surface area contributed by atoms with Crippen LogP contribution in [0.3, 0.4) is 0 Å². The second kappa shape index (κ2) is 5.76. The molecule has 7 heteroatoms. The van der Waals surface area contributed by atoms with Gasteiger partial charge >= 0.3 is 6.18 Å². The van der Waals surface area contributed by atoms with Crippen LogP contribution in [-0.4, -0.2) is 10.2 Å². The third-order valence-electron chi connectivity index (χ3n) is 2.91. The number of alkyl halides is 3. The minimum atomic E-state index is -4.33. The van der Waals surface area contributed by atoms with E-state index >= 15 is 0 Å². The lowest BCUT2D eigenvalue weighted by atomic mass is 10.2. The molecule has 0 saturated carbocycles. The maximum absolute atomic E-state index is 12.5. The Morgan fingerprint density at radius 2 is 1.55 bits per heavy atom. The zero-order valence-electron chi connectivity index (χ0n) is 11.1. The van der Waals surface area contributed by atoms with E-state index in [1.807, 2.05) is 30.3 Å². The van der Waals surface area contributed by atoms with Gasteiger partial charge in [-0.3, -0.25) is 0 Å². The first-order valence-electron chi connectivity index (χ1n) is 6.35. The largest absolute Gasteiger partial charge is 0.416 e. The van der Waals surface area contributed by atoms with Crippen LogP contribution < -0.4 is 5.32 Å². The molecule has 22 heavy (non-hydrogen) atoms. The molecule has 0 spiro atoms. The molecule has 0 bridgehead atoms. The smallest absolute Gasteiger partial charge is 0.330 e. The SMILES string of the molecule is FC(F)(F)c1ccc(Nc2nnc(-c3ccccc3)s2)cc1. The summed E-state index contributed by atoms with van der Waals surface area (Å²) in [4.78, 5) is 0. The molecule has 0 fully saturated rings. The van der Waals surface area contributed by atoms with Gasteiger partial charge in [-0.2, -0.15) is 13.2 Å². The van der Waals surface area contributed by atoms with E-state index in [2.05, 4.69) is 15.5 Å². The molecule has 0 radical (unpaired) electrons. The van der Waals surface area contributed by atoms with E-state index in [4.69, 9.17) is 0 Å². The molecular formula is C15H10F3N3S. The highest BCUT2D eigenvalue weighted by atomic mass is 32.1. The summed E-state index contributed by atoms with van der Waals surface area (Å²) >= 11 is 1.34. The number of rotatable bonds is 3. The standard InChI is InChI=1S/C15H10F3N3S/c16-15(17,18)11-6-8-12(9-7-11)19-14-21-20-13(22-14)10-4-2-1-3-5-10/h1-9H,(H,19,21). The van der Waals surface area contributed by atoms with Crippen molar-refractivity contribution in [1.82, 2.24) is 10.2 Å². The summed E-state index contributed by atoms with van der Waals surface area (Å²) in [5.41, 5.74) is 0.796. The molecule has 1 heterocycles. The van der Waals surface area contributed by atoms with Crippen molar-refractivity contribution < 1.29 is 13.2 Å². The van der Waals surface area contributed by atoms with Gasteiger partial charge in [0, 0.05) is 11.3 Å². The van der Waals surface area contributed by atoms with Crippen LogP contribution in [0.15, 0.2) is 54.6 Å². The van der Waals surface area contributed by atoms with Gasteiger partial charge < -0.3 is 5.32 Å². The first kappa shape index (κ1) is 14.5. The maximum Gasteiger partial charge on any atom is 0.416 e. The second-order valence-electron chi connectivity index (χ2n) is 4.48. The van der Waals surface area contributed by atoms with E-state index in [9.17, 15) is 13.2 Å². The van der Waals surface area contributed by atoms with Gasteiger partial charge in [0.05, 0.1) is 5.56 Å². The van der Waals surface area contributed by atoms with Crippen molar-refractivity contribution in [3.05, 3.63) is 60.2 Å². The number of hydrogen-bond donors (Lipinski definition) is 1. The molecule has 0 aliphatic rings. The van der Waals surface area contributed by atoms with Crippen LogP contribution >= 0.6 is 11.3 Å². The summed E-state index contributed by atoms with van der Waals surface area (Å²) in [7, 11) is 0. The van der Waals surface area contributed by atoms with Crippen LogP contribution in [0.4, 0.5) is 24.0 Å². The van der Waals surface area contributed by atoms with Crippen molar-refractivity contribution in [2.45, 2.75) is 6.18 Å². The Morgan fingerprint density at radius 1 is 0.864 bits per heavy atom. The summed E-state index contributed by atoms with van der Waals surface area (Å²) < 4.78 is 37.5. The molecular weight excluding hydrogens is 311 g/mol. The summed E-state index contributed by atoms with van der Waals surface area (Å²) in [6, 6.07) is 14.3. The summed E-state index contributed by atoms with van der Waals surface area (Å²) in [5.74, 6) is 0. The van der Waals surface area contributed by atoms with Gasteiger partial charge in [-0.25, -0.2) is 0 Å². The zero-order chi connectivity index (χ0) is 15.6. The Kier molecular flexibility index (Phi) is 3.81. The Balaban J connectivity index is 1.76. The van der Waals surface area contributed by atoms with Gasteiger partial charge in [-0.1, -0.05) is 41.7 Å². The van der Waals surface area contributed by atoms with E-state index in [0.717, 1.165) is 22.7 Å². The third kappa shape index (κ3) is 3.25. The van der Waals surface area contributed by atoms with Gasteiger partial charge in [0.15, 0.2) is 0 Å².